The van der Waals surface area contributed by atoms with Gasteiger partial charge in [-0.1, -0.05) is 36.4 Å². The predicted octanol–water partition coefficient (Wildman–Crippen LogP) is 6.16. The Labute approximate surface area is 154 Å². The minimum atomic E-state index is -4.36. The van der Waals surface area contributed by atoms with E-state index in [4.69, 9.17) is 0 Å². The first-order chi connectivity index (χ1) is 11.5. The molecule has 0 amide bonds. The summed E-state index contributed by atoms with van der Waals surface area (Å²) in [6.45, 7) is 0. The molecule has 4 rings (SSSR count). The maximum atomic E-state index is 13.2. The molecule has 1 aliphatic rings. The van der Waals surface area contributed by atoms with E-state index in [1.54, 1.807) is 23.5 Å². The van der Waals surface area contributed by atoms with Crippen molar-refractivity contribution in [3.8, 4) is 22.4 Å². The highest BCUT2D eigenvalue weighted by Crippen LogP contribution is 2.44. The van der Waals surface area contributed by atoms with Crippen LogP contribution in [0, 0.1) is 0 Å². The maximum Gasteiger partial charge on any atom is 0.417 e. The lowest BCUT2D eigenvalue weighted by Crippen LogP contribution is -2.06. The minimum absolute atomic E-state index is 0.214. The number of rotatable bonds is 2. The molecule has 7 heteroatoms. The van der Waals surface area contributed by atoms with Gasteiger partial charge in [0.2, 0.25) is 0 Å². The molecule has 1 aliphatic carbocycles. The van der Waals surface area contributed by atoms with Gasteiger partial charge >= 0.3 is 6.18 Å². The van der Waals surface area contributed by atoms with Gasteiger partial charge in [0.1, 0.15) is 0 Å². The lowest BCUT2D eigenvalue weighted by molar-refractivity contribution is -0.137. The van der Waals surface area contributed by atoms with Crippen LogP contribution in [-0.4, -0.2) is 4.98 Å². The first-order valence-electron chi connectivity index (χ1n) is 7.13. The fourth-order valence-corrected chi connectivity index (χ4v) is 4.36. The smallest absolute Gasteiger partial charge is 0.304 e. The summed E-state index contributed by atoms with van der Waals surface area (Å²) >= 11 is 3.62. The molecule has 0 fully saturated rings. The third kappa shape index (κ3) is 2.59. The molecule has 2 nitrogen and oxygen atoms in total. The van der Waals surface area contributed by atoms with Crippen molar-refractivity contribution in [3.63, 3.8) is 0 Å². The number of halogens is 4. The van der Waals surface area contributed by atoms with Crippen LogP contribution in [0.3, 0.4) is 0 Å². The van der Waals surface area contributed by atoms with Crippen molar-refractivity contribution in [3.05, 3.63) is 58.5 Å². The third-order valence-electron chi connectivity index (χ3n) is 4.03. The van der Waals surface area contributed by atoms with E-state index in [-0.39, 0.29) is 5.56 Å². The molecule has 0 radical (unpaired) electrons. The topological polar surface area (TPSA) is 24.9 Å². The maximum absolute atomic E-state index is 13.2. The molecule has 0 aliphatic heterocycles. The summed E-state index contributed by atoms with van der Waals surface area (Å²) in [4.78, 5) is 5.67. The van der Waals surface area contributed by atoms with Gasteiger partial charge in [0.05, 0.1) is 34.1 Å². The molecule has 2 aromatic carbocycles. The molecule has 0 unspecified atom stereocenters. The van der Waals surface area contributed by atoms with Crippen LogP contribution in [0.5, 0.6) is 0 Å². The summed E-state index contributed by atoms with van der Waals surface area (Å²) in [5, 5.41) is 0.845. The van der Waals surface area contributed by atoms with Gasteiger partial charge in [-0.3, -0.25) is 0 Å². The SMILES string of the molecule is FC(F)(F)c1ccccc1-c1ccc2c(c1)Cc1sc(NI)nc1-2. The summed E-state index contributed by atoms with van der Waals surface area (Å²) in [5.74, 6) is 0. The second-order valence-electron chi connectivity index (χ2n) is 5.48. The number of aromatic nitrogens is 1. The molecule has 0 atom stereocenters. The average molecular weight is 458 g/mol. The van der Waals surface area contributed by atoms with E-state index in [1.807, 2.05) is 35.0 Å². The molecule has 3 aromatic rings. The van der Waals surface area contributed by atoms with Crippen LogP contribution >= 0.6 is 34.2 Å². The van der Waals surface area contributed by atoms with Gasteiger partial charge in [0, 0.05) is 16.9 Å². The van der Waals surface area contributed by atoms with Crippen LogP contribution in [0.25, 0.3) is 22.4 Å². The zero-order valence-corrected chi connectivity index (χ0v) is 15.1. The van der Waals surface area contributed by atoms with E-state index in [1.165, 1.54) is 12.1 Å². The van der Waals surface area contributed by atoms with E-state index < -0.39 is 11.7 Å². The number of anilines is 1. The van der Waals surface area contributed by atoms with Crippen LogP contribution in [-0.2, 0) is 12.6 Å². The van der Waals surface area contributed by atoms with Crippen LogP contribution in [0.15, 0.2) is 42.5 Å². The van der Waals surface area contributed by atoms with E-state index in [9.17, 15) is 13.2 Å². The molecule has 1 heterocycles. The van der Waals surface area contributed by atoms with E-state index >= 15 is 0 Å². The molecule has 0 saturated heterocycles. The standard InChI is InChI=1S/C17H10F3IN2S/c18-17(19,20)13-4-2-1-3-11(13)9-5-6-12-10(7-9)8-14-15(12)22-16(23-21)24-14/h1-7H,8H2,(H,22,23). The summed E-state index contributed by atoms with van der Waals surface area (Å²) in [7, 11) is 0. The lowest BCUT2D eigenvalue weighted by atomic mass is 9.96. The Bertz CT molecular complexity index is 934. The number of fused-ring (bicyclic) bond motifs is 3. The van der Waals surface area contributed by atoms with Gasteiger partial charge in [-0.2, -0.15) is 13.2 Å². The number of nitrogens with one attached hydrogen (secondary N) is 1. The van der Waals surface area contributed by atoms with Gasteiger partial charge in [0.25, 0.3) is 0 Å². The molecule has 24 heavy (non-hydrogen) atoms. The second kappa shape index (κ2) is 5.73. The molecule has 122 valence electrons. The lowest BCUT2D eigenvalue weighted by Gasteiger charge is -2.13. The van der Waals surface area contributed by atoms with Crippen molar-refractivity contribution in [2.45, 2.75) is 12.6 Å². The molecule has 1 aromatic heterocycles. The van der Waals surface area contributed by atoms with Gasteiger partial charge in [0.15, 0.2) is 5.13 Å². The molecule has 0 bridgehead atoms. The van der Waals surface area contributed by atoms with Crippen molar-refractivity contribution in [2.24, 2.45) is 0 Å². The summed E-state index contributed by atoms with van der Waals surface area (Å²) in [6.07, 6.45) is -3.65. The largest absolute Gasteiger partial charge is 0.417 e. The zero-order valence-electron chi connectivity index (χ0n) is 12.1. The van der Waals surface area contributed by atoms with Crippen LogP contribution in [0.4, 0.5) is 18.3 Å². The number of nitrogens with zero attached hydrogens (tertiary/aromatic N) is 1. The van der Waals surface area contributed by atoms with Crippen molar-refractivity contribution in [2.75, 3.05) is 3.53 Å². The highest BCUT2D eigenvalue weighted by Gasteiger charge is 2.33. The number of hydrogen-bond donors (Lipinski definition) is 1. The Hall–Kier alpha value is -1.61. The van der Waals surface area contributed by atoms with Crippen LogP contribution < -0.4 is 3.53 Å². The molecular formula is C17H10F3IN2S. The van der Waals surface area contributed by atoms with Crippen LogP contribution in [0.1, 0.15) is 16.0 Å². The van der Waals surface area contributed by atoms with Gasteiger partial charge in [-0.25, -0.2) is 4.98 Å². The first kappa shape index (κ1) is 15.9. The predicted molar refractivity (Wildman–Crippen MR) is 98.4 cm³/mol. The van der Waals surface area contributed by atoms with Crippen molar-refractivity contribution in [1.29, 1.82) is 0 Å². The number of benzene rings is 2. The minimum Gasteiger partial charge on any atom is -0.304 e. The Morgan fingerprint density at radius 3 is 2.62 bits per heavy atom. The molecule has 0 spiro atoms. The Kier molecular flexibility index (Phi) is 3.80. The van der Waals surface area contributed by atoms with E-state index in [2.05, 4.69) is 8.51 Å². The fraction of sp³-hybridized carbons (Fsp3) is 0.118. The molecule has 0 saturated carbocycles. The second-order valence-corrected chi connectivity index (χ2v) is 7.10. The quantitative estimate of drug-likeness (QED) is 0.288. The van der Waals surface area contributed by atoms with Crippen molar-refractivity contribution in [1.82, 2.24) is 4.98 Å². The van der Waals surface area contributed by atoms with Crippen molar-refractivity contribution < 1.29 is 13.2 Å². The van der Waals surface area contributed by atoms with Crippen molar-refractivity contribution >= 4 is 39.3 Å². The molecule has 1 N–H and O–H groups in total. The van der Waals surface area contributed by atoms with Crippen LogP contribution in [0.2, 0.25) is 0 Å². The van der Waals surface area contributed by atoms with Gasteiger partial charge in [-0.05, 0) is 22.8 Å². The third-order valence-corrected chi connectivity index (χ3v) is 5.88. The summed E-state index contributed by atoms with van der Waals surface area (Å²) in [6, 6.07) is 11.2. The number of hydrogen-bond acceptors (Lipinski definition) is 3. The van der Waals surface area contributed by atoms with Gasteiger partial charge in [-0.15, -0.1) is 11.3 Å². The number of thiazole rings is 1. The van der Waals surface area contributed by atoms with E-state index in [0.717, 1.165) is 32.9 Å². The number of alkyl halides is 3. The summed E-state index contributed by atoms with van der Waals surface area (Å²) in [5.41, 5.74) is 3.16. The Morgan fingerprint density at radius 2 is 1.88 bits per heavy atom. The zero-order chi connectivity index (χ0) is 16.9. The fourth-order valence-electron chi connectivity index (χ4n) is 3.02. The highest BCUT2D eigenvalue weighted by atomic mass is 127. The molecular weight excluding hydrogens is 448 g/mol. The van der Waals surface area contributed by atoms with E-state index in [0.29, 0.717) is 12.0 Å². The average Bonchev–Trinajstić information content (AvgIpc) is 3.10. The Balaban J connectivity index is 1.80. The first-order valence-corrected chi connectivity index (χ1v) is 9.03. The monoisotopic (exact) mass is 458 g/mol. The normalized spacial score (nSPS) is 12.8. The van der Waals surface area contributed by atoms with Gasteiger partial charge < -0.3 is 3.53 Å². The Morgan fingerprint density at radius 1 is 1.08 bits per heavy atom. The summed E-state index contributed by atoms with van der Waals surface area (Å²) < 4.78 is 42.7. The highest BCUT2D eigenvalue weighted by molar-refractivity contribution is 14.1.